The number of rotatable bonds is 5. The molecule has 3 heteroatoms. The van der Waals surface area contributed by atoms with Gasteiger partial charge < -0.3 is 15.1 Å². The standard InChI is InChI=1S/C15H25N3/c1-17(2)15-6-4-13(5-7-15)10-16-11-14-8-9-18(3)12-14/h4-7,14,16H,8-12H2,1-3H3. The Morgan fingerprint density at radius 2 is 2.00 bits per heavy atom. The maximum atomic E-state index is 3.57. The van der Waals surface area contributed by atoms with E-state index in [0.717, 1.165) is 19.0 Å². The lowest BCUT2D eigenvalue weighted by molar-refractivity contribution is 0.388. The third-order valence-electron chi connectivity index (χ3n) is 3.70. The molecule has 18 heavy (non-hydrogen) atoms. The van der Waals surface area contributed by atoms with Crippen LogP contribution < -0.4 is 10.2 Å². The van der Waals surface area contributed by atoms with Gasteiger partial charge in [0.15, 0.2) is 0 Å². The highest BCUT2D eigenvalue weighted by Gasteiger charge is 2.18. The van der Waals surface area contributed by atoms with E-state index in [9.17, 15) is 0 Å². The van der Waals surface area contributed by atoms with Crippen LogP contribution in [-0.4, -0.2) is 45.7 Å². The number of anilines is 1. The lowest BCUT2D eigenvalue weighted by Crippen LogP contribution is -2.24. The third-order valence-corrected chi connectivity index (χ3v) is 3.70. The van der Waals surface area contributed by atoms with Crippen molar-refractivity contribution in [1.82, 2.24) is 10.2 Å². The topological polar surface area (TPSA) is 18.5 Å². The quantitative estimate of drug-likeness (QED) is 0.856. The molecule has 100 valence electrons. The number of benzene rings is 1. The Balaban J connectivity index is 1.73. The molecular weight excluding hydrogens is 222 g/mol. The summed E-state index contributed by atoms with van der Waals surface area (Å²) in [6.07, 6.45) is 1.34. The Hall–Kier alpha value is -1.06. The van der Waals surface area contributed by atoms with Crippen LogP contribution in [0.25, 0.3) is 0 Å². The van der Waals surface area contributed by atoms with Gasteiger partial charge in [0, 0.05) is 32.9 Å². The van der Waals surface area contributed by atoms with Crippen molar-refractivity contribution in [2.45, 2.75) is 13.0 Å². The van der Waals surface area contributed by atoms with E-state index in [1.807, 2.05) is 0 Å². The highest BCUT2D eigenvalue weighted by atomic mass is 15.1. The van der Waals surface area contributed by atoms with Crippen molar-refractivity contribution in [3.05, 3.63) is 29.8 Å². The van der Waals surface area contributed by atoms with Gasteiger partial charge in [-0.25, -0.2) is 0 Å². The van der Waals surface area contributed by atoms with Crippen LogP contribution in [0.2, 0.25) is 0 Å². The average Bonchev–Trinajstić information content (AvgIpc) is 2.76. The van der Waals surface area contributed by atoms with Crippen LogP contribution in [0.3, 0.4) is 0 Å². The molecule has 0 aliphatic carbocycles. The number of hydrogen-bond donors (Lipinski definition) is 1. The largest absolute Gasteiger partial charge is 0.378 e. The van der Waals surface area contributed by atoms with Crippen molar-refractivity contribution in [1.29, 1.82) is 0 Å². The van der Waals surface area contributed by atoms with E-state index < -0.39 is 0 Å². The van der Waals surface area contributed by atoms with Crippen LogP contribution in [-0.2, 0) is 6.54 Å². The summed E-state index contributed by atoms with van der Waals surface area (Å²) in [6, 6.07) is 8.78. The minimum absolute atomic E-state index is 0.830. The summed E-state index contributed by atoms with van der Waals surface area (Å²) in [7, 11) is 6.35. The Kier molecular flexibility index (Phi) is 4.61. The predicted octanol–water partition coefficient (Wildman–Crippen LogP) is 1.79. The molecule has 0 amide bonds. The molecule has 1 atom stereocenters. The molecule has 0 bridgehead atoms. The first-order chi connectivity index (χ1) is 8.65. The zero-order valence-electron chi connectivity index (χ0n) is 11.8. The minimum Gasteiger partial charge on any atom is -0.378 e. The second kappa shape index (κ2) is 6.21. The molecule has 1 heterocycles. The van der Waals surface area contributed by atoms with Gasteiger partial charge in [-0.1, -0.05) is 12.1 Å². The van der Waals surface area contributed by atoms with E-state index in [0.29, 0.717) is 0 Å². The van der Waals surface area contributed by atoms with Crippen LogP contribution in [0.1, 0.15) is 12.0 Å². The first-order valence-electron chi connectivity index (χ1n) is 6.80. The number of nitrogens with zero attached hydrogens (tertiary/aromatic N) is 2. The van der Waals surface area contributed by atoms with E-state index in [1.54, 1.807) is 0 Å². The second-order valence-electron chi connectivity index (χ2n) is 5.61. The van der Waals surface area contributed by atoms with Gasteiger partial charge in [-0.15, -0.1) is 0 Å². The summed E-state index contributed by atoms with van der Waals surface area (Å²) >= 11 is 0. The fourth-order valence-corrected chi connectivity index (χ4v) is 2.53. The number of likely N-dealkylation sites (tertiary alicyclic amines) is 1. The van der Waals surface area contributed by atoms with Crippen LogP contribution in [0, 0.1) is 5.92 Å². The summed E-state index contributed by atoms with van der Waals surface area (Å²) in [5.41, 5.74) is 2.63. The van der Waals surface area contributed by atoms with Crippen LogP contribution in [0.4, 0.5) is 5.69 Å². The molecule has 1 aromatic rings. The summed E-state index contributed by atoms with van der Waals surface area (Å²) in [5, 5.41) is 3.57. The zero-order chi connectivity index (χ0) is 13.0. The van der Waals surface area contributed by atoms with Crippen molar-refractivity contribution in [2.75, 3.05) is 45.7 Å². The molecule has 0 radical (unpaired) electrons. The van der Waals surface area contributed by atoms with Crippen molar-refractivity contribution in [2.24, 2.45) is 5.92 Å². The fourth-order valence-electron chi connectivity index (χ4n) is 2.53. The van der Waals surface area contributed by atoms with Gasteiger partial charge in [0.25, 0.3) is 0 Å². The van der Waals surface area contributed by atoms with E-state index >= 15 is 0 Å². The van der Waals surface area contributed by atoms with Gasteiger partial charge in [-0.3, -0.25) is 0 Å². The van der Waals surface area contributed by atoms with Crippen LogP contribution >= 0.6 is 0 Å². The average molecular weight is 247 g/mol. The molecule has 0 aromatic heterocycles. The van der Waals surface area contributed by atoms with Gasteiger partial charge in [0.1, 0.15) is 0 Å². The van der Waals surface area contributed by atoms with Gasteiger partial charge in [0.05, 0.1) is 0 Å². The maximum Gasteiger partial charge on any atom is 0.0361 e. The Morgan fingerprint density at radius 1 is 1.28 bits per heavy atom. The van der Waals surface area contributed by atoms with Crippen molar-refractivity contribution in [3.8, 4) is 0 Å². The predicted molar refractivity (Wildman–Crippen MR) is 78.1 cm³/mol. The number of nitrogens with one attached hydrogen (secondary N) is 1. The lowest BCUT2D eigenvalue weighted by atomic mass is 10.1. The summed E-state index contributed by atoms with van der Waals surface area (Å²) in [5.74, 6) is 0.830. The molecule has 0 spiro atoms. The van der Waals surface area contributed by atoms with Crippen molar-refractivity contribution < 1.29 is 0 Å². The van der Waals surface area contributed by atoms with Gasteiger partial charge in [-0.2, -0.15) is 0 Å². The summed E-state index contributed by atoms with van der Waals surface area (Å²) in [4.78, 5) is 4.55. The molecule has 1 saturated heterocycles. The third kappa shape index (κ3) is 3.72. The highest BCUT2D eigenvalue weighted by Crippen LogP contribution is 2.14. The second-order valence-corrected chi connectivity index (χ2v) is 5.61. The van der Waals surface area contributed by atoms with Gasteiger partial charge in [-0.05, 0) is 50.2 Å². The first-order valence-corrected chi connectivity index (χ1v) is 6.80. The molecular formula is C15H25N3. The molecule has 1 aliphatic rings. The molecule has 1 aromatic carbocycles. The Bertz CT molecular complexity index is 359. The molecule has 0 saturated carbocycles. The minimum atomic E-state index is 0.830. The maximum absolute atomic E-state index is 3.57. The molecule has 3 nitrogen and oxygen atoms in total. The van der Waals surface area contributed by atoms with Gasteiger partial charge >= 0.3 is 0 Å². The fraction of sp³-hybridized carbons (Fsp3) is 0.600. The van der Waals surface area contributed by atoms with E-state index in [4.69, 9.17) is 0 Å². The van der Waals surface area contributed by atoms with Crippen LogP contribution in [0.15, 0.2) is 24.3 Å². The van der Waals surface area contributed by atoms with E-state index in [1.165, 1.54) is 30.8 Å². The van der Waals surface area contributed by atoms with E-state index in [2.05, 4.69) is 60.5 Å². The van der Waals surface area contributed by atoms with Crippen molar-refractivity contribution in [3.63, 3.8) is 0 Å². The molecule has 1 aliphatic heterocycles. The van der Waals surface area contributed by atoms with E-state index in [-0.39, 0.29) is 0 Å². The van der Waals surface area contributed by atoms with Crippen LogP contribution in [0.5, 0.6) is 0 Å². The Labute approximate surface area is 111 Å². The highest BCUT2D eigenvalue weighted by molar-refractivity contribution is 5.45. The number of hydrogen-bond acceptors (Lipinski definition) is 3. The zero-order valence-corrected chi connectivity index (χ0v) is 11.8. The molecule has 1 fully saturated rings. The smallest absolute Gasteiger partial charge is 0.0361 e. The first kappa shape index (κ1) is 13.4. The van der Waals surface area contributed by atoms with Crippen molar-refractivity contribution >= 4 is 5.69 Å². The molecule has 1 unspecified atom stereocenters. The Morgan fingerprint density at radius 3 is 2.56 bits per heavy atom. The molecule has 2 rings (SSSR count). The summed E-state index contributed by atoms with van der Waals surface area (Å²) in [6.45, 7) is 4.62. The normalized spacial score (nSPS) is 20.3. The monoisotopic (exact) mass is 247 g/mol. The van der Waals surface area contributed by atoms with Gasteiger partial charge in [0.2, 0.25) is 0 Å². The SMILES string of the molecule is CN1CCC(CNCc2ccc(N(C)C)cc2)C1. The molecule has 1 N–H and O–H groups in total. The lowest BCUT2D eigenvalue weighted by Gasteiger charge is -2.14. The summed E-state index contributed by atoms with van der Waals surface area (Å²) < 4.78 is 0.